The fourth-order valence-electron chi connectivity index (χ4n) is 3.77. The van der Waals surface area contributed by atoms with Crippen LogP contribution in [-0.2, 0) is 0 Å². The quantitative estimate of drug-likeness (QED) is 0.508. The molecule has 1 fully saturated rings. The maximum Gasteiger partial charge on any atom is 0.106 e. The van der Waals surface area contributed by atoms with Crippen LogP contribution in [0.5, 0.6) is 0 Å². The fraction of sp³-hybridized carbons (Fsp3) is 0.292. The zero-order valence-corrected chi connectivity index (χ0v) is 18.9. The minimum Gasteiger partial charge on any atom is -0.378 e. The maximum absolute atomic E-state index is 4.83. The van der Waals surface area contributed by atoms with Crippen molar-refractivity contribution in [1.82, 2.24) is 4.98 Å². The van der Waals surface area contributed by atoms with E-state index in [0.717, 1.165) is 42.0 Å². The van der Waals surface area contributed by atoms with Gasteiger partial charge in [0.2, 0.25) is 0 Å². The average Bonchev–Trinajstić information content (AvgIpc) is 2.74. The first kappa shape index (κ1) is 19.8. The first-order valence-electron chi connectivity index (χ1n) is 10.0. The SMILES string of the molecule is Cc1ccc(N2CCN(c3ccc(Br)nc3-c3ccc(N(C)C)cc3)CC2)cc1. The number of nitrogens with zero attached hydrogens (tertiary/aromatic N) is 4. The van der Waals surface area contributed by atoms with E-state index in [9.17, 15) is 0 Å². The largest absolute Gasteiger partial charge is 0.378 e. The molecule has 0 aliphatic carbocycles. The summed E-state index contributed by atoms with van der Waals surface area (Å²) >= 11 is 3.56. The maximum atomic E-state index is 4.83. The number of piperazine rings is 1. The summed E-state index contributed by atoms with van der Waals surface area (Å²) in [5.74, 6) is 0. The van der Waals surface area contributed by atoms with E-state index in [1.165, 1.54) is 22.6 Å². The molecule has 3 aromatic rings. The Bertz CT molecular complexity index is 959. The van der Waals surface area contributed by atoms with Gasteiger partial charge in [0.1, 0.15) is 4.60 Å². The summed E-state index contributed by atoms with van der Waals surface area (Å²) in [7, 11) is 4.12. The summed E-state index contributed by atoms with van der Waals surface area (Å²) in [5.41, 5.74) is 7.19. The summed E-state index contributed by atoms with van der Waals surface area (Å²) in [4.78, 5) is 11.9. The lowest BCUT2D eigenvalue weighted by Gasteiger charge is -2.38. The summed E-state index contributed by atoms with van der Waals surface area (Å²) in [6.07, 6.45) is 0. The number of aromatic nitrogens is 1. The van der Waals surface area contributed by atoms with Crippen molar-refractivity contribution in [3.8, 4) is 11.3 Å². The molecule has 5 heteroatoms. The van der Waals surface area contributed by atoms with Crippen molar-refractivity contribution in [3.63, 3.8) is 0 Å². The molecule has 0 spiro atoms. The molecule has 0 radical (unpaired) electrons. The van der Waals surface area contributed by atoms with Gasteiger partial charge < -0.3 is 14.7 Å². The van der Waals surface area contributed by atoms with Crippen molar-refractivity contribution in [1.29, 1.82) is 0 Å². The highest BCUT2D eigenvalue weighted by molar-refractivity contribution is 9.10. The first-order chi connectivity index (χ1) is 14.0. The molecule has 150 valence electrons. The second-order valence-corrected chi connectivity index (χ2v) is 8.57. The highest BCUT2D eigenvalue weighted by Crippen LogP contribution is 2.33. The van der Waals surface area contributed by atoms with Crippen molar-refractivity contribution in [3.05, 3.63) is 70.8 Å². The minimum absolute atomic E-state index is 0.867. The van der Waals surface area contributed by atoms with E-state index in [1.54, 1.807) is 0 Å². The molecule has 0 N–H and O–H groups in total. The first-order valence-corrected chi connectivity index (χ1v) is 10.8. The van der Waals surface area contributed by atoms with Crippen LogP contribution in [0.4, 0.5) is 17.1 Å². The molecule has 0 atom stereocenters. The second kappa shape index (κ2) is 8.46. The minimum atomic E-state index is 0.867. The van der Waals surface area contributed by atoms with E-state index in [1.807, 2.05) is 6.07 Å². The molecule has 0 bridgehead atoms. The van der Waals surface area contributed by atoms with Crippen molar-refractivity contribution in [2.24, 2.45) is 0 Å². The Hall–Kier alpha value is -2.53. The number of anilines is 3. The Balaban J connectivity index is 1.55. The summed E-state index contributed by atoms with van der Waals surface area (Å²) in [6, 6.07) is 21.7. The molecule has 0 saturated carbocycles. The lowest BCUT2D eigenvalue weighted by molar-refractivity contribution is 0.653. The van der Waals surface area contributed by atoms with Gasteiger partial charge in [0.25, 0.3) is 0 Å². The third-order valence-electron chi connectivity index (χ3n) is 5.52. The summed E-state index contributed by atoms with van der Waals surface area (Å²) < 4.78 is 0.867. The molecule has 2 aromatic carbocycles. The van der Waals surface area contributed by atoms with Gasteiger partial charge in [-0.2, -0.15) is 0 Å². The Morgan fingerprint density at radius 1 is 0.793 bits per heavy atom. The zero-order chi connectivity index (χ0) is 20.4. The second-order valence-electron chi connectivity index (χ2n) is 7.75. The third kappa shape index (κ3) is 4.40. The Labute approximate surface area is 181 Å². The van der Waals surface area contributed by atoms with Crippen LogP contribution in [0.2, 0.25) is 0 Å². The van der Waals surface area contributed by atoms with Gasteiger partial charge in [-0.3, -0.25) is 0 Å². The number of hydrogen-bond acceptors (Lipinski definition) is 4. The van der Waals surface area contributed by atoms with Crippen LogP contribution in [0.3, 0.4) is 0 Å². The molecule has 1 saturated heterocycles. The van der Waals surface area contributed by atoms with Gasteiger partial charge >= 0.3 is 0 Å². The van der Waals surface area contributed by atoms with Crippen LogP contribution in [-0.4, -0.2) is 45.3 Å². The van der Waals surface area contributed by atoms with Gasteiger partial charge in [-0.05, 0) is 59.3 Å². The molecule has 0 amide bonds. The molecule has 2 heterocycles. The molecule has 0 unspecified atom stereocenters. The average molecular weight is 451 g/mol. The Kier molecular flexibility index (Phi) is 5.76. The van der Waals surface area contributed by atoms with Crippen molar-refractivity contribution in [2.45, 2.75) is 6.92 Å². The standard InChI is InChI=1S/C24H27BrN4/c1-18-4-8-21(9-5-18)28-14-16-29(17-15-28)22-12-13-23(25)26-24(22)19-6-10-20(11-7-19)27(2)3/h4-13H,14-17H2,1-3H3. The Morgan fingerprint density at radius 2 is 1.41 bits per heavy atom. The van der Waals surface area contributed by atoms with Gasteiger partial charge in [0.05, 0.1) is 11.4 Å². The molecule has 1 aliphatic rings. The van der Waals surface area contributed by atoms with Crippen LogP contribution >= 0.6 is 15.9 Å². The lowest BCUT2D eigenvalue weighted by Crippen LogP contribution is -2.46. The van der Waals surface area contributed by atoms with Gasteiger partial charge in [0.15, 0.2) is 0 Å². The van der Waals surface area contributed by atoms with E-state index in [2.05, 4.69) is 106 Å². The topological polar surface area (TPSA) is 22.6 Å². The van der Waals surface area contributed by atoms with E-state index in [0.29, 0.717) is 0 Å². The van der Waals surface area contributed by atoms with Crippen molar-refractivity contribution in [2.75, 3.05) is 55.0 Å². The van der Waals surface area contributed by atoms with Crippen molar-refractivity contribution < 1.29 is 0 Å². The molecular weight excluding hydrogens is 424 g/mol. The number of rotatable bonds is 4. The molecule has 4 nitrogen and oxygen atoms in total. The highest BCUT2D eigenvalue weighted by atomic mass is 79.9. The van der Waals surface area contributed by atoms with Gasteiger partial charge in [0, 0.05) is 57.2 Å². The van der Waals surface area contributed by atoms with Crippen molar-refractivity contribution >= 4 is 33.0 Å². The van der Waals surface area contributed by atoms with E-state index in [4.69, 9.17) is 4.98 Å². The summed E-state index contributed by atoms with van der Waals surface area (Å²) in [6.45, 7) is 6.13. The highest BCUT2D eigenvalue weighted by Gasteiger charge is 2.21. The number of pyridine rings is 1. The third-order valence-corrected chi connectivity index (χ3v) is 5.96. The normalized spacial score (nSPS) is 14.2. The molecule has 4 rings (SSSR count). The predicted octanol–water partition coefficient (Wildman–Crippen LogP) is 5.21. The Morgan fingerprint density at radius 3 is 2.03 bits per heavy atom. The van der Waals surface area contributed by atoms with Gasteiger partial charge in [-0.1, -0.05) is 29.8 Å². The fourth-order valence-corrected chi connectivity index (χ4v) is 4.08. The predicted molar refractivity (Wildman–Crippen MR) is 127 cm³/mol. The molecular formula is C24H27BrN4. The number of aryl methyl sites for hydroxylation is 1. The van der Waals surface area contributed by atoms with E-state index < -0.39 is 0 Å². The summed E-state index contributed by atoms with van der Waals surface area (Å²) in [5, 5.41) is 0. The van der Waals surface area contributed by atoms with Crippen LogP contribution in [0.25, 0.3) is 11.3 Å². The molecule has 1 aliphatic heterocycles. The number of halogens is 1. The van der Waals surface area contributed by atoms with Crippen LogP contribution < -0.4 is 14.7 Å². The van der Waals surface area contributed by atoms with Crippen LogP contribution in [0, 0.1) is 6.92 Å². The number of hydrogen-bond donors (Lipinski definition) is 0. The number of benzene rings is 2. The lowest BCUT2D eigenvalue weighted by atomic mass is 10.1. The van der Waals surface area contributed by atoms with Gasteiger partial charge in [-0.15, -0.1) is 0 Å². The molecule has 29 heavy (non-hydrogen) atoms. The van der Waals surface area contributed by atoms with Crippen LogP contribution in [0.1, 0.15) is 5.56 Å². The molecule has 1 aromatic heterocycles. The van der Waals surface area contributed by atoms with E-state index >= 15 is 0 Å². The van der Waals surface area contributed by atoms with Crippen LogP contribution in [0.15, 0.2) is 65.3 Å². The zero-order valence-electron chi connectivity index (χ0n) is 17.3. The van der Waals surface area contributed by atoms with E-state index in [-0.39, 0.29) is 0 Å². The van der Waals surface area contributed by atoms with Gasteiger partial charge in [-0.25, -0.2) is 4.98 Å². The monoisotopic (exact) mass is 450 g/mol. The smallest absolute Gasteiger partial charge is 0.106 e.